The van der Waals surface area contributed by atoms with Crippen molar-refractivity contribution in [3.05, 3.63) is 54.1 Å². The van der Waals surface area contributed by atoms with Crippen LogP contribution in [0.3, 0.4) is 0 Å². The van der Waals surface area contributed by atoms with Crippen molar-refractivity contribution in [3.63, 3.8) is 0 Å². The molecule has 0 unspecified atom stereocenters. The van der Waals surface area contributed by atoms with E-state index in [4.69, 9.17) is 9.47 Å². The van der Waals surface area contributed by atoms with Crippen LogP contribution >= 0.6 is 0 Å². The Morgan fingerprint density at radius 2 is 1.74 bits per heavy atom. The lowest BCUT2D eigenvalue weighted by molar-refractivity contribution is -0.129. The molecular weight excluding hydrogens is 344 g/mol. The Hall–Kier alpha value is -3.02. The molecule has 1 heterocycles. The summed E-state index contributed by atoms with van der Waals surface area (Å²) >= 11 is 0. The summed E-state index contributed by atoms with van der Waals surface area (Å²) in [5, 5.41) is 2.88. The minimum absolute atomic E-state index is 0.00488. The van der Waals surface area contributed by atoms with Crippen LogP contribution in [-0.2, 0) is 9.59 Å². The number of hydrogen-bond donors (Lipinski definition) is 1. The number of likely N-dealkylation sites (tertiary alicyclic amines) is 1. The van der Waals surface area contributed by atoms with E-state index in [0.717, 1.165) is 5.56 Å². The van der Waals surface area contributed by atoms with Gasteiger partial charge in [0, 0.05) is 36.9 Å². The van der Waals surface area contributed by atoms with Crippen LogP contribution < -0.4 is 14.8 Å². The fourth-order valence-electron chi connectivity index (χ4n) is 3.32. The molecule has 142 valence electrons. The summed E-state index contributed by atoms with van der Waals surface area (Å²) in [7, 11) is 3.11. The second-order valence-corrected chi connectivity index (χ2v) is 6.62. The summed E-state index contributed by atoms with van der Waals surface area (Å²) in [5.41, 5.74) is 1.64. The maximum absolute atomic E-state index is 12.7. The minimum atomic E-state index is -0.388. The van der Waals surface area contributed by atoms with Gasteiger partial charge in [0.15, 0.2) is 0 Å². The summed E-state index contributed by atoms with van der Waals surface area (Å²) in [6.07, 6.45) is 0.212. The van der Waals surface area contributed by atoms with Crippen LogP contribution in [0.1, 0.15) is 24.9 Å². The lowest BCUT2D eigenvalue weighted by atomic mass is 10.1. The summed E-state index contributed by atoms with van der Waals surface area (Å²) in [6, 6.07) is 15.0. The molecule has 6 nitrogen and oxygen atoms in total. The average molecular weight is 368 g/mol. The van der Waals surface area contributed by atoms with Gasteiger partial charge in [-0.3, -0.25) is 9.59 Å². The topological polar surface area (TPSA) is 67.9 Å². The van der Waals surface area contributed by atoms with E-state index >= 15 is 0 Å². The predicted octanol–water partition coefficient (Wildman–Crippen LogP) is 3.25. The van der Waals surface area contributed by atoms with E-state index in [1.807, 2.05) is 37.3 Å². The number of amides is 2. The van der Waals surface area contributed by atoms with Gasteiger partial charge in [-0.15, -0.1) is 0 Å². The third kappa shape index (κ3) is 4.22. The Bertz CT molecular complexity index is 800. The molecule has 27 heavy (non-hydrogen) atoms. The SMILES string of the molecule is COc1cc(NC(=O)[C@@H]2CC(=O)N([C@@H](C)c3ccccc3)C2)cc(OC)c1. The largest absolute Gasteiger partial charge is 0.497 e. The summed E-state index contributed by atoms with van der Waals surface area (Å²) < 4.78 is 10.5. The van der Waals surface area contributed by atoms with Gasteiger partial charge in [-0.2, -0.15) is 0 Å². The van der Waals surface area contributed by atoms with E-state index in [1.54, 1.807) is 37.3 Å². The van der Waals surface area contributed by atoms with E-state index < -0.39 is 0 Å². The Balaban J connectivity index is 1.69. The number of rotatable bonds is 6. The van der Waals surface area contributed by atoms with Gasteiger partial charge < -0.3 is 19.7 Å². The van der Waals surface area contributed by atoms with Crippen molar-refractivity contribution in [1.29, 1.82) is 0 Å². The van der Waals surface area contributed by atoms with Gasteiger partial charge >= 0.3 is 0 Å². The first-order valence-corrected chi connectivity index (χ1v) is 8.90. The predicted molar refractivity (Wildman–Crippen MR) is 103 cm³/mol. The minimum Gasteiger partial charge on any atom is -0.497 e. The van der Waals surface area contributed by atoms with E-state index in [2.05, 4.69) is 5.32 Å². The Kier molecular flexibility index (Phi) is 5.64. The van der Waals surface area contributed by atoms with Crippen molar-refractivity contribution in [2.75, 3.05) is 26.1 Å². The highest BCUT2D eigenvalue weighted by molar-refractivity contribution is 5.97. The molecule has 1 aliphatic rings. The molecule has 0 spiro atoms. The Labute approximate surface area is 159 Å². The third-order valence-corrected chi connectivity index (χ3v) is 4.90. The number of benzene rings is 2. The number of carbonyl (C=O) groups is 2. The van der Waals surface area contributed by atoms with E-state index in [1.165, 1.54) is 0 Å². The van der Waals surface area contributed by atoms with E-state index in [0.29, 0.717) is 23.7 Å². The van der Waals surface area contributed by atoms with Crippen LogP contribution in [0.25, 0.3) is 0 Å². The van der Waals surface area contributed by atoms with Crippen LogP contribution in [0.2, 0.25) is 0 Å². The van der Waals surface area contributed by atoms with Crippen LogP contribution in [0.5, 0.6) is 11.5 Å². The first-order chi connectivity index (χ1) is 13.0. The fraction of sp³-hybridized carbons (Fsp3) is 0.333. The van der Waals surface area contributed by atoms with Crippen LogP contribution in [0.4, 0.5) is 5.69 Å². The quantitative estimate of drug-likeness (QED) is 0.850. The highest BCUT2D eigenvalue weighted by atomic mass is 16.5. The van der Waals surface area contributed by atoms with Crippen LogP contribution in [0, 0.1) is 5.92 Å². The Morgan fingerprint density at radius 1 is 1.11 bits per heavy atom. The molecule has 0 bridgehead atoms. The molecule has 2 aromatic rings. The molecule has 2 amide bonds. The van der Waals surface area contributed by atoms with Gasteiger partial charge in [0.05, 0.1) is 26.2 Å². The second-order valence-electron chi connectivity index (χ2n) is 6.62. The maximum Gasteiger partial charge on any atom is 0.229 e. The maximum atomic E-state index is 12.7. The summed E-state index contributed by atoms with van der Waals surface area (Å²) in [5.74, 6) is 0.606. The van der Waals surface area contributed by atoms with Crippen molar-refractivity contribution < 1.29 is 19.1 Å². The van der Waals surface area contributed by atoms with Crippen molar-refractivity contribution in [2.45, 2.75) is 19.4 Å². The second kappa shape index (κ2) is 8.12. The molecular formula is C21H24N2O4. The van der Waals surface area contributed by atoms with Gasteiger partial charge in [-0.05, 0) is 12.5 Å². The molecule has 1 N–H and O–H groups in total. The number of methoxy groups -OCH3 is 2. The summed E-state index contributed by atoms with van der Waals surface area (Å²) in [4.78, 5) is 26.9. The number of hydrogen-bond acceptors (Lipinski definition) is 4. The highest BCUT2D eigenvalue weighted by Crippen LogP contribution is 2.30. The van der Waals surface area contributed by atoms with E-state index in [9.17, 15) is 9.59 Å². The lowest BCUT2D eigenvalue weighted by Gasteiger charge is -2.25. The van der Waals surface area contributed by atoms with Gasteiger partial charge in [0.25, 0.3) is 0 Å². The molecule has 0 aliphatic carbocycles. The highest BCUT2D eigenvalue weighted by Gasteiger charge is 2.37. The molecule has 0 aromatic heterocycles. The standard InChI is InChI=1S/C21H24N2O4/c1-14(15-7-5-4-6-8-15)23-13-16(9-20(23)24)21(25)22-17-10-18(26-2)12-19(11-17)27-3/h4-8,10-12,14,16H,9,13H2,1-3H3,(H,22,25)/t14-,16+/m0/s1. The van der Waals surface area contributed by atoms with Gasteiger partial charge in [0.1, 0.15) is 11.5 Å². The molecule has 2 atom stereocenters. The zero-order valence-corrected chi connectivity index (χ0v) is 15.8. The zero-order chi connectivity index (χ0) is 19.4. The van der Waals surface area contributed by atoms with E-state index in [-0.39, 0.29) is 30.2 Å². The average Bonchev–Trinajstić information content (AvgIpc) is 3.09. The first kappa shape index (κ1) is 18.8. The number of carbonyl (C=O) groups excluding carboxylic acids is 2. The van der Waals surface area contributed by atoms with Crippen LogP contribution in [-0.4, -0.2) is 37.5 Å². The van der Waals surface area contributed by atoms with Gasteiger partial charge in [-0.1, -0.05) is 30.3 Å². The number of nitrogens with one attached hydrogen (secondary N) is 1. The van der Waals surface area contributed by atoms with Crippen LogP contribution in [0.15, 0.2) is 48.5 Å². The molecule has 3 rings (SSSR count). The van der Waals surface area contributed by atoms with Gasteiger partial charge in [-0.25, -0.2) is 0 Å². The molecule has 0 saturated carbocycles. The lowest BCUT2D eigenvalue weighted by Crippen LogP contribution is -2.30. The van der Waals surface area contributed by atoms with Crippen molar-refractivity contribution in [1.82, 2.24) is 4.90 Å². The molecule has 0 radical (unpaired) electrons. The smallest absolute Gasteiger partial charge is 0.229 e. The third-order valence-electron chi connectivity index (χ3n) is 4.90. The first-order valence-electron chi connectivity index (χ1n) is 8.90. The number of nitrogens with zero attached hydrogens (tertiary/aromatic N) is 1. The van der Waals surface area contributed by atoms with Crippen molar-refractivity contribution in [3.8, 4) is 11.5 Å². The molecule has 1 saturated heterocycles. The molecule has 1 aliphatic heterocycles. The Morgan fingerprint density at radius 3 is 2.33 bits per heavy atom. The molecule has 1 fully saturated rings. The van der Waals surface area contributed by atoms with Gasteiger partial charge in [0.2, 0.25) is 11.8 Å². The zero-order valence-electron chi connectivity index (χ0n) is 15.8. The molecule has 6 heteroatoms. The fourth-order valence-corrected chi connectivity index (χ4v) is 3.32. The number of anilines is 1. The number of ether oxygens (including phenoxy) is 2. The normalized spacial score (nSPS) is 17.5. The summed E-state index contributed by atoms with van der Waals surface area (Å²) in [6.45, 7) is 2.39. The van der Waals surface area contributed by atoms with Crippen molar-refractivity contribution >= 4 is 17.5 Å². The molecule has 2 aromatic carbocycles. The monoisotopic (exact) mass is 368 g/mol. The van der Waals surface area contributed by atoms with Crippen molar-refractivity contribution in [2.24, 2.45) is 5.92 Å².